The van der Waals surface area contributed by atoms with Gasteiger partial charge < -0.3 is 38.8 Å². The van der Waals surface area contributed by atoms with Gasteiger partial charge in [0, 0.05) is 6.42 Å². The van der Waals surface area contributed by atoms with Crippen LogP contribution in [0.15, 0.2) is 18.2 Å². The molecule has 2 heterocycles. The number of aliphatic hydroxyl groups is 1. The lowest BCUT2D eigenvalue weighted by molar-refractivity contribution is -0.363. The van der Waals surface area contributed by atoms with Crippen molar-refractivity contribution >= 4 is 11.9 Å². The SMILES string of the molecule is CCCCCCCCCCCCCC(=O)N[C@@H]1[C@@H](OC(=O)c2ccc(OCCCCCCCCCC)c(OCCCCCCCCCC)c2)[C@@H]2OC(C)(C)OC[C@H]2O[C@H]1O. The highest BCUT2D eigenvalue weighted by atomic mass is 16.7. The van der Waals surface area contributed by atoms with Crippen molar-refractivity contribution in [2.75, 3.05) is 19.8 Å². The second-order valence-corrected chi connectivity index (χ2v) is 17.9. The molecule has 2 aliphatic rings. The Hall–Kier alpha value is -2.40. The zero-order valence-electron chi connectivity index (χ0n) is 38.8. The number of hydrogen-bond donors (Lipinski definition) is 2. The van der Waals surface area contributed by atoms with Crippen LogP contribution in [0, 0.1) is 0 Å². The van der Waals surface area contributed by atoms with E-state index in [1.54, 1.807) is 32.0 Å². The number of esters is 1. The standard InChI is InChI=1S/C50H87NO9/c1-6-9-12-15-18-21-22-23-24-27-30-33-44(52)51-45-47(46-43(58-49(45)54)39-57-50(4,5)60-46)59-48(53)40-34-35-41(55-36-31-28-25-19-16-13-10-7-2)42(38-40)56-37-32-29-26-20-17-14-11-8-3/h34-35,38,43,45-47,49,54H,6-33,36-37,39H2,1-5H3,(H,51,52)/t43-,45-,46-,47-,49-/m1/s1. The molecular formula is C50H87NO9. The smallest absolute Gasteiger partial charge is 0.338 e. The maximum Gasteiger partial charge on any atom is 0.338 e. The van der Waals surface area contributed by atoms with E-state index in [0.717, 1.165) is 44.9 Å². The molecule has 0 radical (unpaired) electrons. The molecule has 0 unspecified atom stereocenters. The highest BCUT2D eigenvalue weighted by molar-refractivity contribution is 5.90. The second-order valence-electron chi connectivity index (χ2n) is 17.9. The molecule has 0 aliphatic carbocycles. The van der Waals surface area contributed by atoms with Crippen LogP contribution < -0.4 is 14.8 Å². The fraction of sp³-hybridized carbons (Fsp3) is 0.840. The highest BCUT2D eigenvalue weighted by Crippen LogP contribution is 2.35. The van der Waals surface area contributed by atoms with Crippen LogP contribution in [0.5, 0.6) is 11.5 Å². The van der Waals surface area contributed by atoms with Gasteiger partial charge in [0.2, 0.25) is 5.91 Å². The fourth-order valence-corrected chi connectivity index (χ4v) is 8.24. The van der Waals surface area contributed by atoms with E-state index in [4.69, 9.17) is 28.4 Å². The van der Waals surface area contributed by atoms with Crippen LogP contribution in [0.4, 0.5) is 0 Å². The molecule has 1 aromatic rings. The van der Waals surface area contributed by atoms with Crippen molar-refractivity contribution in [3.63, 3.8) is 0 Å². The molecule has 1 aromatic carbocycles. The van der Waals surface area contributed by atoms with Crippen LogP contribution in [0.2, 0.25) is 0 Å². The fourth-order valence-electron chi connectivity index (χ4n) is 8.24. The van der Waals surface area contributed by atoms with Crippen LogP contribution in [0.1, 0.15) is 225 Å². The minimum atomic E-state index is -1.42. The van der Waals surface area contributed by atoms with E-state index in [-0.39, 0.29) is 18.1 Å². The monoisotopic (exact) mass is 846 g/mol. The number of carbonyl (C=O) groups excluding carboxylic acids is 2. The lowest BCUT2D eigenvalue weighted by Crippen LogP contribution is -2.69. The molecule has 346 valence electrons. The van der Waals surface area contributed by atoms with E-state index in [1.165, 1.54) is 128 Å². The average Bonchev–Trinajstić information content (AvgIpc) is 3.23. The number of carbonyl (C=O) groups is 2. The molecule has 60 heavy (non-hydrogen) atoms. The number of unbranched alkanes of at least 4 members (excludes halogenated alkanes) is 24. The van der Waals surface area contributed by atoms with Gasteiger partial charge in [0.15, 0.2) is 29.7 Å². The van der Waals surface area contributed by atoms with Crippen LogP contribution in [0.3, 0.4) is 0 Å². The van der Waals surface area contributed by atoms with Gasteiger partial charge in [0.05, 0.1) is 25.4 Å². The summed E-state index contributed by atoms with van der Waals surface area (Å²) in [4.78, 5) is 27.3. The molecule has 10 heteroatoms. The Bertz CT molecular complexity index is 1270. The van der Waals surface area contributed by atoms with Crippen molar-refractivity contribution in [2.45, 2.75) is 251 Å². The average molecular weight is 846 g/mol. The largest absolute Gasteiger partial charge is 0.490 e. The summed E-state index contributed by atoms with van der Waals surface area (Å²) >= 11 is 0. The predicted molar refractivity (Wildman–Crippen MR) is 241 cm³/mol. The molecule has 1 amide bonds. The molecule has 0 saturated carbocycles. The number of fused-ring (bicyclic) bond motifs is 1. The summed E-state index contributed by atoms with van der Waals surface area (Å²) in [5.74, 6) is -0.697. The molecule has 2 aliphatic heterocycles. The first-order valence-corrected chi connectivity index (χ1v) is 24.7. The first-order valence-electron chi connectivity index (χ1n) is 24.7. The summed E-state index contributed by atoms with van der Waals surface area (Å²) in [6.45, 7) is 11.5. The van der Waals surface area contributed by atoms with Gasteiger partial charge >= 0.3 is 5.97 Å². The lowest BCUT2D eigenvalue weighted by atomic mass is 9.94. The van der Waals surface area contributed by atoms with E-state index in [2.05, 4.69) is 26.1 Å². The Kier molecular flexibility index (Phi) is 27.2. The van der Waals surface area contributed by atoms with Crippen LogP contribution in [-0.2, 0) is 23.7 Å². The number of aliphatic hydroxyl groups excluding tert-OH is 1. The molecule has 5 atom stereocenters. The van der Waals surface area contributed by atoms with Gasteiger partial charge in [-0.25, -0.2) is 4.79 Å². The Morgan fingerprint density at radius 2 is 1.13 bits per heavy atom. The van der Waals surface area contributed by atoms with Crippen molar-refractivity contribution in [1.82, 2.24) is 5.32 Å². The van der Waals surface area contributed by atoms with Crippen LogP contribution in [-0.4, -0.2) is 73.2 Å². The predicted octanol–water partition coefficient (Wildman–Crippen LogP) is 12.3. The number of nitrogens with one attached hydrogen (secondary N) is 1. The van der Waals surface area contributed by atoms with Crippen molar-refractivity contribution in [3.8, 4) is 11.5 Å². The van der Waals surface area contributed by atoms with Gasteiger partial charge in [0.1, 0.15) is 18.2 Å². The van der Waals surface area contributed by atoms with E-state index in [1.807, 2.05) is 0 Å². The molecule has 3 rings (SSSR count). The molecule has 0 spiro atoms. The van der Waals surface area contributed by atoms with Crippen molar-refractivity contribution in [3.05, 3.63) is 23.8 Å². The molecule has 10 nitrogen and oxygen atoms in total. The second kappa shape index (κ2) is 31.4. The van der Waals surface area contributed by atoms with E-state index in [9.17, 15) is 14.7 Å². The zero-order chi connectivity index (χ0) is 43.3. The summed E-state index contributed by atoms with van der Waals surface area (Å²) in [5, 5.41) is 14.1. The number of amides is 1. The minimum absolute atomic E-state index is 0.143. The Morgan fingerprint density at radius 3 is 1.65 bits per heavy atom. The summed E-state index contributed by atoms with van der Waals surface area (Å²) in [5.41, 5.74) is 0.287. The third-order valence-electron chi connectivity index (χ3n) is 11.9. The summed E-state index contributed by atoms with van der Waals surface area (Å²) in [6, 6.07) is 4.14. The van der Waals surface area contributed by atoms with Crippen LogP contribution in [0.25, 0.3) is 0 Å². The summed E-state index contributed by atoms with van der Waals surface area (Å²) in [6.07, 6.45) is 28.7. The number of hydrogen-bond acceptors (Lipinski definition) is 9. The third kappa shape index (κ3) is 21.1. The molecule has 0 aromatic heterocycles. The first-order chi connectivity index (χ1) is 29.2. The number of benzene rings is 1. The Balaban J connectivity index is 1.63. The minimum Gasteiger partial charge on any atom is -0.490 e. The van der Waals surface area contributed by atoms with Gasteiger partial charge in [-0.1, -0.05) is 175 Å². The van der Waals surface area contributed by atoms with E-state index >= 15 is 0 Å². The van der Waals surface area contributed by atoms with Crippen molar-refractivity contribution < 1.29 is 43.1 Å². The number of ether oxygens (including phenoxy) is 6. The Labute approximate surface area is 365 Å². The van der Waals surface area contributed by atoms with Crippen molar-refractivity contribution in [1.29, 1.82) is 0 Å². The van der Waals surface area contributed by atoms with E-state index < -0.39 is 42.4 Å². The topological polar surface area (TPSA) is 122 Å². The molecular weight excluding hydrogens is 759 g/mol. The first kappa shape index (κ1) is 51.9. The molecule has 2 fully saturated rings. The van der Waals surface area contributed by atoms with Crippen molar-refractivity contribution in [2.24, 2.45) is 0 Å². The molecule has 2 saturated heterocycles. The zero-order valence-corrected chi connectivity index (χ0v) is 38.8. The van der Waals surface area contributed by atoms with Gasteiger partial charge in [-0.2, -0.15) is 0 Å². The maximum absolute atomic E-state index is 14.0. The Morgan fingerprint density at radius 1 is 0.667 bits per heavy atom. The maximum atomic E-state index is 14.0. The van der Waals surface area contributed by atoms with Gasteiger partial charge in [-0.15, -0.1) is 0 Å². The quantitative estimate of drug-likeness (QED) is 0.0508. The molecule has 0 bridgehead atoms. The highest BCUT2D eigenvalue weighted by Gasteiger charge is 2.53. The summed E-state index contributed by atoms with van der Waals surface area (Å²) < 4.78 is 36.8. The third-order valence-corrected chi connectivity index (χ3v) is 11.9. The van der Waals surface area contributed by atoms with Gasteiger partial charge in [-0.3, -0.25) is 4.79 Å². The number of rotatable bonds is 35. The van der Waals surface area contributed by atoms with Gasteiger partial charge in [-0.05, 0) is 51.3 Å². The van der Waals surface area contributed by atoms with Gasteiger partial charge in [0.25, 0.3) is 0 Å². The lowest BCUT2D eigenvalue weighted by Gasteiger charge is -2.49. The normalized spacial score (nSPS) is 21.0. The van der Waals surface area contributed by atoms with E-state index in [0.29, 0.717) is 31.1 Å². The van der Waals surface area contributed by atoms with Crippen LogP contribution >= 0.6 is 0 Å². The summed E-state index contributed by atoms with van der Waals surface area (Å²) in [7, 11) is 0. The molecule has 2 N–H and O–H groups in total.